The van der Waals surface area contributed by atoms with Gasteiger partial charge in [0.2, 0.25) is 0 Å². The number of benzene rings is 1. The van der Waals surface area contributed by atoms with Gasteiger partial charge in [0.15, 0.2) is 0 Å². The third kappa shape index (κ3) is 7.65. The highest BCUT2D eigenvalue weighted by atomic mass is 19.1. The predicted octanol–water partition coefficient (Wildman–Crippen LogP) is 5.12. The van der Waals surface area contributed by atoms with Crippen molar-refractivity contribution in [2.45, 2.75) is 89.2 Å². The molecule has 6 nitrogen and oxygen atoms in total. The van der Waals surface area contributed by atoms with Crippen LogP contribution in [-0.4, -0.2) is 62.5 Å². The molecule has 204 valence electrons. The largest absolute Gasteiger partial charge is 0.385 e. The first-order chi connectivity index (χ1) is 17.4. The Labute approximate surface area is 217 Å². The third-order valence-corrected chi connectivity index (χ3v) is 8.32. The van der Waals surface area contributed by atoms with Crippen LogP contribution in [0.5, 0.6) is 0 Å². The van der Waals surface area contributed by atoms with E-state index in [2.05, 4.69) is 10.6 Å². The SMILES string of the molecule is CNCC(CC1CCCCC1)NC(=O)N1CCCC(C(O)(CCCCOC)c2cccc(C)c2F)C1. The number of nitrogens with zero attached hydrogens (tertiary/aromatic N) is 1. The Balaban J connectivity index is 1.72. The zero-order chi connectivity index (χ0) is 26.0. The highest BCUT2D eigenvalue weighted by Gasteiger charge is 2.43. The van der Waals surface area contributed by atoms with E-state index in [1.54, 1.807) is 26.2 Å². The van der Waals surface area contributed by atoms with Gasteiger partial charge in [0.25, 0.3) is 0 Å². The predicted molar refractivity (Wildman–Crippen MR) is 142 cm³/mol. The fourth-order valence-corrected chi connectivity index (χ4v) is 6.26. The van der Waals surface area contributed by atoms with Crippen LogP contribution < -0.4 is 10.6 Å². The monoisotopic (exact) mass is 505 g/mol. The van der Waals surface area contributed by atoms with Gasteiger partial charge in [-0.1, -0.05) is 50.3 Å². The lowest BCUT2D eigenvalue weighted by atomic mass is 9.73. The van der Waals surface area contributed by atoms with Gasteiger partial charge in [0, 0.05) is 50.9 Å². The summed E-state index contributed by atoms with van der Waals surface area (Å²) in [7, 11) is 3.59. The van der Waals surface area contributed by atoms with Gasteiger partial charge in [0.1, 0.15) is 5.82 Å². The summed E-state index contributed by atoms with van der Waals surface area (Å²) in [5, 5.41) is 18.6. The second kappa shape index (κ2) is 14.3. The second-order valence-corrected chi connectivity index (χ2v) is 11.0. The molecule has 36 heavy (non-hydrogen) atoms. The summed E-state index contributed by atoms with van der Waals surface area (Å²) in [4.78, 5) is 15.2. The molecule has 2 aliphatic rings. The number of ether oxygens (including phenoxy) is 1. The number of likely N-dealkylation sites (N-methyl/N-ethyl adjacent to an activating group) is 1. The van der Waals surface area contributed by atoms with Crippen LogP contribution in [0.3, 0.4) is 0 Å². The number of carbonyl (C=O) groups is 1. The first-order valence-corrected chi connectivity index (χ1v) is 14.1. The van der Waals surface area contributed by atoms with Crippen molar-refractivity contribution in [3.63, 3.8) is 0 Å². The highest BCUT2D eigenvalue weighted by molar-refractivity contribution is 5.74. The van der Waals surface area contributed by atoms with Crippen LogP contribution in [0.25, 0.3) is 0 Å². The Morgan fingerprint density at radius 3 is 2.72 bits per heavy atom. The molecule has 3 rings (SSSR count). The van der Waals surface area contributed by atoms with E-state index in [-0.39, 0.29) is 23.8 Å². The number of halogens is 1. The number of methoxy groups -OCH3 is 1. The van der Waals surface area contributed by atoms with E-state index in [0.29, 0.717) is 43.2 Å². The minimum absolute atomic E-state index is 0.0674. The third-order valence-electron chi connectivity index (χ3n) is 8.32. The van der Waals surface area contributed by atoms with Crippen molar-refractivity contribution in [2.75, 3.05) is 40.4 Å². The lowest BCUT2D eigenvalue weighted by Gasteiger charge is -2.43. The molecule has 1 heterocycles. The maximum absolute atomic E-state index is 15.3. The van der Waals surface area contributed by atoms with Gasteiger partial charge in [-0.05, 0) is 64.0 Å². The summed E-state index contributed by atoms with van der Waals surface area (Å²) < 4.78 is 20.5. The zero-order valence-electron chi connectivity index (χ0n) is 22.7. The number of rotatable bonds is 12. The topological polar surface area (TPSA) is 73.8 Å². The standard InChI is InChI=1S/C29H48FN3O3/c1-22-11-9-15-26(27(22)30)29(35,16-7-8-18-36-3)24-14-10-17-33(21-24)28(34)32-25(20-31-2)19-23-12-5-4-6-13-23/h9,11,15,23-25,31,35H,4-8,10,12-14,16-21H2,1-3H3,(H,32,34). The van der Waals surface area contributed by atoms with E-state index in [1.807, 2.05) is 18.0 Å². The van der Waals surface area contributed by atoms with Crippen LogP contribution in [0.2, 0.25) is 0 Å². The fourth-order valence-electron chi connectivity index (χ4n) is 6.26. The molecular weight excluding hydrogens is 457 g/mol. The number of aliphatic hydroxyl groups is 1. The van der Waals surface area contributed by atoms with Crippen molar-refractivity contribution in [2.24, 2.45) is 11.8 Å². The van der Waals surface area contributed by atoms with E-state index in [1.165, 1.54) is 32.1 Å². The second-order valence-electron chi connectivity index (χ2n) is 11.0. The summed E-state index contributed by atoms with van der Waals surface area (Å²) >= 11 is 0. The molecule has 7 heteroatoms. The smallest absolute Gasteiger partial charge is 0.317 e. The van der Waals surface area contributed by atoms with Crippen LogP contribution in [0, 0.1) is 24.6 Å². The van der Waals surface area contributed by atoms with E-state index >= 15 is 4.39 Å². The summed E-state index contributed by atoms with van der Waals surface area (Å²) in [6.45, 7) is 4.18. The van der Waals surface area contributed by atoms with Gasteiger partial charge in [-0.15, -0.1) is 0 Å². The molecular formula is C29H48FN3O3. The van der Waals surface area contributed by atoms with E-state index in [9.17, 15) is 9.90 Å². The van der Waals surface area contributed by atoms with Crippen LogP contribution >= 0.6 is 0 Å². The van der Waals surface area contributed by atoms with Crippen molar-refractivity contribution >= 4 is 6.03 Å². The zero-order valence-corrected chi connectivity index (χ0v) is 22.7. The van der Waals surface area contributed by atoms with Crippen LogP contribution in [0.15, 0.2) is 18.2 Å². The van der Waals surface area contributed by atoms with Crippen molar-refractivity contribution in [3.8, 4) is 0 Å². The number of unbranched alkanes of at least 4 members (excludes halogenated alkanes) is 1. The van der Waals surface area contributed by atoms with Gasteiger partial charge in [-0.25, -0.2) is 9.18 Å². The van der Waals surface area contributed by atoms with Gasteiger partial charge >= 0.3 is 6.03 Å². The average molecular weight is 506 g/mol. The molecule has 0 bridgehead atoms. The van der Waals surface area contributed by atoms with Crippen molar-refractivity contribution < 1.29 is 19.0 Å². The van der Waals surface area contributed by atoms with Crippen molar-refractivity contribution in [1.29, 1.82) is 0 Å². The Bertz CT molecular complexity index is 817. The molecule has 1 aromatic rings. The molecule has 2 amide bonds. The molecule has 3 N–H and O–H groups in total. The average Bonchev–Trinajstić information content (AvgIpc) is 2.89. The summed E-state index contributed by atoms with van der Waals surface area (Å²) in [5.74, 6) is 0.111. The van der Waals surface area contributed by atoms with Crippen LogP contribution in [-0.2, 0) is 10.3 Å². The Morgan fingerprint density at radius 1 is 1.22 bits per heavy atom. The normalized spacial score (nSPS) is 21.7. The van der Waals surface area contributed by atoms with Crippen LogP contribution in [0.1, 0.15) is 81.8 Å². The number of hydrogen-bond donors (Lipinski definition) is 3. The number of piperidine rings is 1. The van der Waals surface area contributed by atoms with Crippen molar-refractivity contribution in [3.05, 3.63) is 35.1 Å². The molecule has 1 aliphatic heterocycles. The molecule has 1 saturated carbocycles. The summed E-state index contributed by atoms with van der Waals surface area (Å²) in [6, 6.07) is 5.29. The lowest BCUT2D eigenvalue weighted by molar-refractivity contribution is -0.0588. The fraction of sp³-hybridized carbons (Fsp3) is 0.759. The molecule has 0 spiro atoms. The maximum Gasteiger partial charge on any atom is 0.317 e. The van der Waals surface area contributed by atoms with Gasteiger partial charge in [0.05, 0.1) is 5.60 Å². The van der Waals surface area contributed by atoms with Gasteiger partial charge < -0.3 is 25.4 Å². The number of likely N-dealkylation sites (tertiary alicyclic amines) is 1. The van der Waals surface area contributed by atoms with E-state index < -0.39 is 5.60 Å². The first kappa shape index (κ1) is 28.9. The number of urea groups is 1. The molecule has 0 aromatic heterocycles. The van der Waals surface area contributed by atoms with Crippen molar-refractivity contribution in [1.82, 2.24) is 15.5 Å². The minimum atomic E-state index is -1.32. The molecule has 1 aromatic carbocycles. The highest BCUT2D eigenvalue weighted by Crippen LogP contribution is 2.41. The molecule has 3 unspecified atom stereocenters. The number of hydrogen-bond acceptors (Lipinski definition) is 4. The Kier molecular flexibility index (Phi) is 11.5. The van der Waals surface area contributed by atoms with E-state index in [4.69, 9.17) is 4.74 Å². The molecule has 1 saturated heterocycles. The number of carbonyl (C=O) groups excluding carboxylic acids is 1. The number of nitrogens with one attached hydrogen (secondary N) is 2. The number of aryl methyl sites for hydroxylation is 1. The maximum atomic E-state index is 15.3. The van der Waals surface area contributed by atoms with E-state index in [0.717, 1.165) is 38.6 Å². The minimum Gasteiger partial charge on any atom is -0.385 e. The molecule has 3 atom stereocenters. The Hall–Kier alpha value is -1.70. The molecule has 0 radical (unpaired) electrons. The first-order valence-electron chi connectivity index (χ1n) is 14.1. The van der Waals surface area contributed by atoms with Gasteiger partial charge in [-0.3, -0.25) is 0 Å². The summed E-state index contributed by atoms with van der Waals surface area (Å²) in [5.41, 5.74) is -0.432. The molecule has 1 aliphatic carbocycles. The Morgan fingerprint density at radius 2 is 2.00 bits per heavy atom. The number of amides is 2. The van der Waals surface area contributed by atoms with Crippen LogP contribution in [0.4, 0.5) is 9.18 Å². The quantitative estimate of drug-likeness (QED) is 0.345. The lowest BCUT2D eigenvalue weighted by Crippen LogP contribution is -2.54. The van der Waals surface area contributed by atoms with Gasteiger partial charge in [-0.2, -0.15) is 0 Å². The summed E-state index contributed by atoms with van der Waals surface area (Å²) in [6.07, 6.45) is 10.9. The molecule has 2 fully saturated rings.